The van der Waals surface area contributed by atoms with Gasteiger partial charge in [0.1, 0.15) is 5.75 Å². The lowest BCUT2D eigenvalue weighted by molar-refractivity contribution is -0.144. The molecule has 110 valence electrons. The Labute approximate surface area is 125 Å². The van der Waals surface area contributed by atoms with Gasteiger partial charge in [-0.05, 0) is 31.2 Å². The van der Waals surface area contributed by atoms with Gasteiger partial charge in [0.25, 0.3) is 5.91 Å². The van der Waals surface area contributed by atoms with E-state index >= 15 is 0 Å². The zero-order chi connectivity index (χ0) is 15.1. The molecule has 0 aliphatic carbocycles. The zero-order valence-electron chi connectivity index (χ0n) is 11.1. The summed E-state index contributed by atoms with van der Waals surface area (Å²) in [6, 6.07) is 5.88. The number of ether oxygens (including phenoxy) is 2. The highest BCUT2D eigenvalue weighted by Crippen LogP contribution is 2.17. The van der Waals surface area contributed by atoms with Crippen molar-refractivity contribution in [1.29, 1.82) is 0 Å². The number of hydrogen-bond donors (Lipinski definition) is 2. The molecule has 0 aliphatic heterocycles. The second kappa shape index (κ2) is 7.86. The van der Waals surface area contributed by atoms with E-state index in [1.54, 1.807) is 31.2 Å². The summed E-state index contributed by atoms with van der Waals surface area (Å²) < 4.78 is 11.1. The summed E-state index contributed by atoms with van der Waals surface area (Å²) >= 11 is 3.29. The Hall–Kier alpha value is -1.60. The number of nitrogens with one attached hydrogen (secondary N) is 1. The lowest BCUT2D eigenvalue weighted by atomic mass is 10.2. The van der Waals surface area contributed by atoms with Crippen molar-refractivity contribution in [2.24, 2.45) is 0 Å². The molecule has 2 N–H and O–H groups in total. The Morgan fingerprint density at radius 3 is 2.45 bits per heavy atom. The Morgan fingerprint density at radius 2 is 1.95 bits per heavy atom. The van der Waals surface area contributed by atoms with E-state index in [2.05, 4.69) is 21.2 Å². The third kappa shape index (κ3) is 5.18. The number of benzene rings is 1. The third-order valence-electron chi connectivity index (χ3n) is 2.44. The van der Waals surface area contributed by atoms with Crippen molar-refractivity contribution in [3.63, 3.8) is 0 Å². The fraction of sp³-hybridized carbons (Fsp3) is 0.385. The lowest BCUT2D eigenvalue weighted by Crippen LogP contribution is -2.48. The molecule has 0 aliphatic rings. The molecule has 1 aromatic carbocycles. The lowest BCUT2D eigenvalue weighted by Gasteiger charge is -2.18. The van der Waals surface area contributed by atoms with Gasteiger partial charge in [-0.1, -0.05) is 15.9 Å². The number of hydrogen-bond acceptors (Lipinski definition) is 4. The number of rotatable bonds is 7. The van der Waals surface area contributed by atoms with E-state index in [1.807, 2.05) is 0 Å². The van der Waals surface area contributed by atoms with Gasteiger partial charge in [0.05, 0.1) is 6.61 Å². The van der Waals surface area contributed by atoms with Crippen LogP contribution in [0.1, 0.15) is 6.92 Å². The van der Waals surface area contributed by atoms with Gasteiger partial charge in [-0.15, -0.1) is 0 Å². The molecule has 20 heavy (non-hydrogen) atoms. The van der Waals surface area contributed by atoms with Gasteiger partial charge >= 0.3 is 5.97 Å². The van der Waals surface area contributed by atoms with Crippen LogP contribution in [-0.2, 0) is 14.3 Å². The highest BCUT2D eigenvalue weighted by molar-refractivity contribution is 9.10. The first kappa shape index (κ1) is 16.5. The van der Waals surface area contributed by atoms with E-state index in [1.165, 1.54) is 7.11 Å². The van der Waals surface area contributed by atoms with Crippen LogP contribution in [0.15, 0.2) is 28.7 Å². The predicted molar refractivity (Wildman–Crippen MR) is 75.7 cm³/mol. The molecule has 1 rings (SSSR count). The number of halogens is 1. The topological polar surface area (TPSA) is 84.9 Å². The summed E-state index contributed by atoms with van der Waals surface area (Å²) in [5, 5.41) is 11.3. The quantitative estimate of drug-likeness (QED) is 0.780. The molecule has 0 aromatic heterocycles. The van der Waals surface area contributed by atoms with Crippen LogP contribution >= 0.6 is 15.9 Å². The standard InChI is InChI=1S/C13H16BrNO5/c1-8(20-10-5-3-9(14)4-6-10)12(16)15-11(7-19-2)13(17)18/h3-6,8,11H,7H2,1-2H3,(H,15,16)(H,17,18). The van der Waals surface area contributed by atoms with Crippen LogP contribution in [0.4, 0.5) is 0 Å². The average molecular weight is 346 g/mol. The third-order valence-corrected chi connectivity index (χ3v) is 2.97. The van der Waals surface area contributed by atoms with Gasteiger partial charge in [-0.3, -0.25) is 4.79 Å². The Kier molecular flexibility index (Phi) is 6.47. The minimum atomic E-state index is -1.16. The van der Waals surface area contributed by atoms with Crippen molar-refractivity contribution in [3.8, 4) is 5.75 Å². The number of methoxy groups -OCH3 is 1. The summed E-state index contributed by atoms with van der Waals surface area (Å²) in [5.41, 5.74) is 0. The second-order valence-corrected chi connectivity index (χ2v) is 4.98. The summed E-state index contributed by atoms with van der Waals surface area (Å²) in [4.78, 5) is 22.7. The van der Waals surface area contributed by atoms with Crippen molar-refractivity contribution in [2.75, 3.05) is 13.7 Å². The number of carbonyl (C=O) groups is 2. The smallest absolute Gasteiger partial charge is 0.328 e. The van der Waals surface area contributed by atoms with Crippen LogP contribution in [-0.4, -0.2) is 42.8 Å². The van der Waals surface area contributed by atoms with Crippen molar-refractivity contribution in [3.05, 3.63) is 28.7 Å². The first-order valence-electron chi connectivity index (χ1n) is 5.88. The highest BCUT2D eigenvalue weighted by atomic mass is 79.9. The Morgan fingerprint density at radius 1 is 1.35 bits per heavy atom. The summed E-state index contributed by atoms with van der Waals surface area (Å²) in [6.45, 7) is 1.44. The largest absolute Gasteiger partial charge is 0.481 e. The highest BCUT2D eigenvalue weighted by Gasteiger charge is 2.23. The maximum atomic E-state index is 11.8. The van der Waals surface area contributed by atoms with Crippen molar-refractivity contribution >= 4 is 27.8 Å². The van der Waals surface area contributed by atoms with E-state index in [9.17, 15) is 9.59 Å². The molecule has 2 unspecified atom stereocenters. The molecule has 0 saturated heterocycles. The zero-order valence-corrected chi connectivity index (χ0v) is 12.7. The minimum absolute atomic E-state index is 0.105. The van der Waals surface area contributed by atoms with E-state index in [-0.39, 0.29) is 6.61 Å². The Balaban J connectivity index is 2.57. The van der Waals surface area contributed by atoms with Gasteiger partial charge in [0, 0.05) is 11.6 Å². The Bertz CT molecular complexity index is 462. The van der Waals surface area contributed by atoms with Gasteiger partial charge in [0.2, 0.25) is 0 Å². The summed E-state index contributed by atoms with van der Waals surface area (Å²) in [6.07, 6.45) is -0.810. The van der Waals surface area contributed by atoms with Crippen LogP contribution in [0, 0.1) is 0 Å². The number of carboxylic acid groups (broad SMARTS) is 1. The van der Waals surface area contributed by atoms with E-state index in [0.29, 0.717) is 5.75 Å². The molecule has 0 radical (unpaired) electrons. The SMILES string of the molecule is COCC(NC(=O)C(C)Oc1ccc(Br)cc1)C(=O)O. The molecule has 0 bridgehead atoms. The molecule has 6 nitrogen and oxygen atoms in total. The van der Waals surface area contributed by atoms with Crippen LogP contribution in [0.2, 0.25) is 0 Å². The molecule has 2 atom stereocenters. The maximum absolute atomic E-state index is 11.8. The van der Waals surface area contributed by atoms with E-state index in [0.717, 1.165) is 4.47 Å². The van der Waals surface area contributed by atoms with E-state index < -0.39 is 24.0 Å². The number of amides is 1. The molecule has 0 spiro atoms. The molecule has 0 fully saturated rings. The van der Waals surface area contributed by atoms with Crippen LogP contribution in [0.3, 0.4) is 0 Å². The van der Waals surface area contributed by atoms with Gasteiger partial charge in [-0.2, -0.15) is 0 Å². The van der Waals surface area contributed by atoms with Crippen LogP contribution < -0.4 is 10.1 Å². The van der Waals surface area contributed by atoms with Gasteiger partial charge < -0.3 is 19.9 Å². The molecule has 7 heteroatoms. The maximum Gasteiger partial charge on any atom is 0.328 e. The summed E-state index contributed by atoms with van der Waals surface area (Å²) in [7, 11) is 1.36. The van der Waals surface area contributed by atoms with E-state index in [4.69, 9.17) is 14.6 Å². The fourth-order valence-corrected chi connectivity index (χ4v) is 1.67. The van der Waals surface area contributed by atoms with Crippen LogP contribution in [0.5, 0.6) is 5.75 Å². The first-order valence-corrected chi connectivity index (χ1v) is 6.67. The molecular weight excluding hydrogens is 330 g/mol. The van der Waals surface area contributed by atoms with Crippen molar-refractivity contribution in [1.82, 2.24) is 5.32 Å². The van der Waals surface area contributed by atoms with Crippen molar-refractivity contribution in [2.45, 2.75) is 19.1 Å². The van der Waals surface area contributed by atoms with Gasteiger partial charge in [-0.25, -0.2) is 4.79 Å². The first-order chi connectivity index (χ1) is 9.43. The molecular formula is C13H16BrNO5. The van der Waals surface area contributed by atoms with Crippen LogP contribution in [0.25, 0.3) is 0 Å². The van der Waals surface area contributed by atoms with Crippen molar-refractivity contribution < 1.29 is 24.2 Å². The minimum Gasteiger partial charge on any atom is -0.481 e. The fourth-order valence-electron chi connectivity index (χ4n) is 1.40. The number of aliphatic carboxylic acids is 1. The monoisotopic (exact) mass is 345 g/mol. The average Bonchev–Trinajstić information content (AvgIpc) is 2.40. The normalized spacial score (nSPS) is 13.3. The molecule has 1 aromatic rings. The summed E-state index contributed by atoms with van der Waals surface area (Å²) in [5.74, 6) is -1.15. The second-order valence-electron chi connectivity index (χ2n) is 4.07. The number of carbonyl (C=O) groups excluding carboxylic acids is 1. The van der Waals surface area contributed by atoms with Gasteiger partial charge in [0.15, 0.2) is 12.1 Å². The predicted octanol–water partition coefficient (Wildman–Crippen LogP) is 1.43. The molecule has 0 heterocycles. The number of carboxylic acids is 1. The molecule has 0 saturated carbocycles. The molecule has 1 amide bonds.